The fourth-order valence-corrected chi connectivity index (χ4v) is 5.08. The molecule has 1 saturated heterocycles. The van der Waals surface area contributed by atoms with Crippen LogP contribution in [-0.4, -0.2) is 38.6 Å². The van der Waals surface area contributed by atoms with Crippen molar-refractivity contribution in [3.63, 3.8) is 0 Å². The van der Waals surface area contributed by atoms with Crippen molar-refractivity contribution < 1.29 is 14.2 Å². The number of ether oxygens (including phenoxy) is 3. The van der Waals surface area contributed by atoms with E-state index in [1.165, 1.54) is 122 Å². The quantitative estimate of drug-likeness (QED) is 0.115. The molecule has 0 aromatic heterocycles. The first kappa shape index (κ1) is 31.9. The zero-order valence-corrected chi connectivity index (χ0v) is 23.6. The van der Waals surface area contributed by atoms with Crippen molar-refractivity contribution in [3.8, 4) is 0 Å². The van der Waals surface area contributed by atoms with Crippen LogP contribution >= 0.6 is 0 Å². The molecule has 34 heavy (non-hydrogen) atoms. The third kappa shape index (κ3) is 20.1. The fourth-order valence-electron chi connectivity index (χ4n) is 5.08. The summed E-state index contributed by atoms with van der Waals surface area (Å²) in [5.74, 6) is 0.876. The molecule has 0 N–H and O–H groups in total. The van der Waals surface area contributed by atoms with E-state index in [0.29, 0.717) is 0 Å². The SMILES string of the molecule is CCCCCCCCCCCCOC[C@@H]1CC[C@@H](COCCCCC(C)CCCCCCC)O1. The molecule has 0 amide bonds. The Morgan fingerprint density at radius 3 is 1.44 bits per heavy atom. The summed E-state index contributed by atoms with van der Waals surface area (Å²) in [6.45, 7) is 10.3. The summed E-state index contributed by atoms with van der Waals surface area (Å²) < 4.78 is 18.0. The Labute approximate surface area is 214 Å². The normalized spacial score (nSPS) is 19.1. The van der Waals surface area contributed by atoms with Gasteiger partial charge in [-0.15, -0.1) is 0 Å². The minimum atomic E-state index is 0.285. The van der Waals surface area contributed by atoms with Crippen LogP contribution in [0.25, 0.3) is 0 Å². The van der Waals surface area contributed by atoms with E-state index in [1.54, 1.807) is 0 Å². The third-order valence-corrected chi connectivity index (χ3v) is 7.48. The van der Waals surface area contributed by atoms with Crippen LogP contribution in [-0.2, 0) is 14.2 Å². The average Bonchev–Trinajstić information content (AvgIpc) is 3.29. The molecule has 0 spiro atoms. The van der Waals surface area contributed by atoms with Crippen molar-refractivity contribution in [1.82, 2.24) is 0 Å². The molecule has 0 bridgehead atoms. The Balaban J connectivity index is 1.81. The molecule has 3 nitrogen and oxygen atoms in total. The van der Waals surface area contributed by atoms with Gasteiger partial charge in [0.15, 0.2) is 0 Å². The lowest BCUT2D eigenvalue weighted by molar-refractivity contribution is -0.0461. The van der Waals surface area contributed by atoms with Crippen LogP contribution < -0.4 is 0 Å². The second kappa shape index (κ2) is 24.6. The molecule has 3 heteroatoms. The highest BCUT2D eigenvalue weighted by Gasteiger charge is 2.25. The van der Waals surface area contributed by atoms with Crippen molar-refractivity contribution in [2.24, 2.45) is 5.92 Å². The molecule has 0 aromatic rings. The molecule has 0 aromatic carbocycles. The number of hydrogen-bond acceptors (Lipinski definition) is 3. The molecule has 0 radical (unpaired) electrons. The number of unbranched alkanes of at least 4 members (excludes halogenated alkanes) is 14. The fraction of sp³-hybridized carbons (Fsp3) is 1.00. The van der Waals surface area contributed by atoms with Crippen LogP contribution in [0.4, 0.5) is 0 Å². The summed E-state index contributed by atoms with van der Waals surface area (Å²) in [6, 6.07) is 0. The highest BCUT2D eigenvalue weighted by Crippen LogP contribution is 2.21. The molecule has 3 atom stereocenters. The van der Waals surface area contributed by atoms with Crippen molar-refractivity contribution in [2.45, 2.75) is 168 Å². The van der Waals surface area contributed by atoms with Crippen LogP contribution in [0.5, 0.6) is 0 Å². The van der Waals surface area contributed by atoms with Gasteiger partial charge < -0.3 is 14.2 Å². The summed E-state index contributed by atoms with van der Waals surface area (Å²) in [5.41, 5.74) is 0. The first-order valence-corrected chi connectivity index (χ1v) is 15.6. The van der Waals surface area contributed by atoms with Gasteiger partial charge in [0.2, 0.25) is 0 Å². The monoisotopic (exact) mass is 482 g/mol. The largest absolute Gasteiger partial charge is 0.379 e. The van der Waals surface area contributed by atoms with Gasteiger partial charge in [0.1, 0.15) is 0 Å². The number of rotatable bonds is 26. The van der Waals surface area contributed by atoms with Crippen molar-refractivity contribution in [2.75, 3.05) is 26.4 Å². The molecule has 1 rings (SSSR count). The second-order valence-electron chi connectivity index (χ2n) is 11.1. The van der Waals surface area contributed by atoms with E-state index in [4.69, 9.17) is 14.2 Å². The Morgan fingerprint density at radius 2 is 0.941 bits per heavy atom. The van der Waals surface area contributed by atoms with Crippen LogP contribution in [0.3, 0.4) is 0 Å². The molecule has 1 heterocycles. The Morgan fingerprint density at radius 1 is 0.559 bits per heavy atom. The lowest BCUT2D eigenvalue weighted by atomic mass is 9.97. The van der Waals surface area contributed by atoms with E-state index in [0.717, 1.165) is 45.2 Å². The molecular weight excluding hydrogens is 420 g/mol. The summed E-state index contributed by atoms with van der Waals surface area (Å²) in [5, 5.41) is 0. The predicted octanol–water partition coefficient (Wildman–Crippen LogP) is 9.66. The van der Waals surface area contributed by atoms with Gasteiger partial charge in [0, 0.05) is 13.2 Å². The summed E-state index contributed by atoms with van der Waals surface area (Å²) >= 11 is 0. The molecule has 1 aliphatic heterocycles. The van der Waals surface area contributed by atoms with Gasteiger partial charge in [-0.1, -0.05) is 130 Å². The molecule has 204 valence electrons. The maximum absolute atomic E-state index is 6.13. The Kier molecular flexibility index (Phi) is 23.1. The lowest BCUT2D eigenvalue weighted by Crippen LogP contribution is -2.20. The van der Waals surface area contributed by atoms with Gasteiger partial charge in [-0.3, -0.25) is 0 Å². The third-order valence-electron chi connectivity index (χ3n) is 7.48. The standard InChI is InChI=1S/C31H62O3/c1-4-6-8-10-11-12-13-14-16-19-25-32-27-30-23-24-31(34-30)28-33-26-20-18-22-29(3)21-17-15-9-7-5-2/h29-31H,4-28H2,1-3H3/t29?,30-,31-/m0/s1. The van der Waals surface area contributed by atoms with Crippen LogP contribution in [0.15, 0.2) is 0 Å². The molecular formula is C31H62O3. The van der Waals surface area contributed by atoms with E-state index < -0.39 is 0 Å². The molecule has 1 aliphatic rings. The minimum Gasteiger partial charge on any atom is -0.379 e. The van der Waals surface area contributed by atoms with Gasteiger partial charge in [-0.25, -0.2) is 0 Å². The lowest BCUT2D eigenvalue weighted by Gasteiger charge is -2.15. The van der Waals surface area contributed by atoms with E-state index in [1.807, 2.05) is 0 Å². The summed E-state index contributed by atoms with van der Waals surface area (Å²) in [7, 11) is 0. The van der Waals surface area contributed by atoms with E-state index in [2.05, 4.69) is 20.8 Å². The molecule has 0 saturated carbocycles. The molecule has 1 unspecified atom stereocenters. The van der Waals surface area contributed by atoms with E-state index >= 15 is 0 Å². The summed E-state index contributed by atoms with van der Waals surface area (Å²) in [6.07, 6.45) is 28.9. The Bertz CT molecular complexity index is 400. The van der Waals surface area contributed by atoms with Crippen molar-refractivity contribution >= 4 is 0 Å². The first-order chi connectivity index (χ1) is 16.8. The van der Waals surface area contributed by atoms with E-state index in [-0.39, 0.29) is 12.2 Å². The Hall–Kier alpha value is -0.120. The van der Waals surface area contributed by atoms with Crippen LogP contribution in [0, 0.1) is 5.92 Å². The maximum Gasteiger partial charge on any atom is 0.0814 e. The van der Waals surface area contributed by atoms with Gasteiger partial charge >= 0.3 is 0 Å². The smallest absolute Gasteiger partial charge is 0.0814 e. The maximum atomic E-state index is 6.13. The van der Waals surface area contributed by atoms with Crippen molar-refractivity contribution in [1.29, 1.82) is 0 Å². The topological polar surface area (TPSA) is 27.7 Å². The zero-order valence-electron chi connectivity index (χ0n) is 23.6. The van der Waals surface area contributed by atoms with Gasteiger partial charge in [-0.2, -0.15) is 0 Å². The predicted molar refractivity (Wildman–Crippen MR) is 148 cm³/mol. The van der Waals surface area contributed by atoms with Crippen LogP contribution in [0.1, 0.15) is 156 Å². The molecule has 1 fully saturated rings. The van der Waals surface area contributed by atoms with Crippen LogP contribution in [0.2, 0.25) is 0 Å². The number of hydrogen-bond donors (Lipinski definition) is 0. The van der Waals surface area contributed by atoms with E-state index in [9.17, 15) is 0 Å². The minimum absolute atomic E-state index is 0.285. The van der Waals surface area contributed by atoms with Crippen molar-refractivity contribution in [3.05, 3.63) is 0 Å². The highest BCUT2D eigenvalue weighted by atomic mass is 16.6. The van der Waals surface area contributed by atoms with Gasteiger partial charge in [0.25, 0.3) is 0 Å². The highest BCUT2D eigenvalue weighted by molar-refractivity contribution is 4.73. The summed E-state index contributed by atoms with van der Waals surface area (Å²) in [4.78, 5) is 0. The second-order valence-corrected chi connectivity index (χ2v) is 11.1. The van der Waals surface area contributed by atoms with Gasteiger partial charge in [-0.05, 0) is 31.6 Å². The van der Waals surface area contributed by atoms with Gasteiger partial charge in [0.05, 0.1) is 25.4 Å². The zero-order chi connectivity index (χ0) is 24.5. The first-order valence-electron chi connectivity index (χ1n) is 15.6. The average molecular weight is 483 g/mol. The molecule has 0 aliphatic carbocycles.